The number of nitrogens with one attached hydrogen (secondary N) is 2. The maximum atomic E-state index is 13.6. The number of benzene rings is 3. The normalized spacial score (nSPS) is 17.9. The second-order valence-electron chi connectivity index (χ2n) is 10.7. The highest BCUT2D eigenvalue weighted by Crippen LogP contribution is 2.52. The first-order valence-corrected chi connectivity index (χ1v) is 14.3. The Balaban J connectivity index is 1.50. The smallest absolute Gasteiger partial charge is 0.339 e. The Hall–Kier alpha value is -3.98. The van der Waals surface area contributed by atoms with Crippen molar-refractivity contribution in [3.05, 3.63) is 107 Å². The van der Waals surface area contributed by atoms with Crippen LogP contribution in [0.25, 0.3) is 0 Å². The molecule has 9 heteroatoms. The fourth-order valence-electron chi connectivity index (χ4n) is 5.31. The molecule has 3 aromatic rings. The van der Waals surface area contributed by atoms with Gasteiger partial charge >= 0.3 is 6.18 Å². The van der Waals surface area contributed by atoms with Crippen LogP contribution in [0.1, 0.15) is 76.4 Å². The zero-order chi connectivity index (χ0) is 30.3. The van der Waals surface area contributed by atoms with E-state index in [4.69, 9.17) is 0 Å². The largest absolute Gasteiger partial charge is 0.416 e. The first-order chi connectivity index (χ1) is 20.1. The third kappa shape index (κ3) is 7.26. The molecule has 4 rings (SSSR count). The summed E-state index contributed by atoms with van der Waals surface area (Å²) in [5.41, 5.74) is 0.0575. The van der Waals surface area contributed by atoms with Crippen molar-refractivity contribution in [3.63, 3.8) is 0 Å². The number of halogens is 3. The predicted octanol–water partition coefficient (Wildman–Crippen LogP) is 5.98. The van der Waals surface area contributed by atoms with Crippen LogP contribution in [0.2, 0.25) is 0 Å². The van der Waals surface area contributed by atoms with E-state index in [-0.39, 0.29) is 36.3 Å². The number of hydrogen-bond acceptors (Lipinski definition) is 4. The minimum Gasteiger partial charge on any atom is -0.339 e. The summed E-state index contributed by atoms with van der Waals surface area (Å²) in [4.78, 5) is 42.0. The standard InChI is InChI=1S/C33H36F3N3O3/c1-3-16-39(17-4-2)31(42)26-14-9-13-25(19-26)30(41)38-32(20-28(32)24-11-6-5-7-12-24)29(40)22-37-21-23-10-8-15-27(18-23)33(34,35)36/h5-15,18-19,28,37H,3-4,16-17,20-22H2,1-2H3,(H,38,41). The fraction of sp³-hybridized carbons (Fsp3) is 0.364. The first kappa shape index (κ1) is 31.0. The molecule has 0 saturated heterocycles. The number of nitrogens with zero attached hydrogens (tertiary/aromatic N) is 1. The van der Waals surface area contributed by atoms with Crippen LogP contribution < -0.4 is 10.6 Å². The van der Waals surface area contributed by atoms with Gasteiger partial charge in [-0.2, -0.15) is 13.2 Å². The van der Waals surface area contributed by atoms with Gasteiger partial charge in [0.25, 0.3) is 11.8 Å². The lowest BCUT2D eigenvalue weighted by Gasteiger charge is -2.22. The number of carbonyl (C=O) groups excluding carboxylic acids is 3. The number of carbonyl (C=O) groups is 3. The lowest BCUT2D eigenvalue weighted by Crippen LogP contribution is -2.48. The van der Waals surface area contributed by atoms with Crippen LogP contribution in [0.15, 0.2) is 78.9 Å². The third-order valence-corrected chi connectivity index (χ3v) is 7.51. The lowest BCUT2D eigenvalue weighted by molar-refractivity contribution is -0.137. The summed E-state index contributed by atoms with van der Waals surface area (Å²) in [6.45, 7) is 5.17. The van der Waals surface area contributed by atoms with Crippen LogP contribution in [-0.4, -0.2) is 47.7 Å². The number of Topliss-reactive ketones (excluding diaryl/α,β-unsaturated/α-hetero) is 1. The Morgan fingerprint density at radius 2 is 1.55 bits per heavy atom. The molecular weight excluding hydrogens is 543 g/mol. The van der Waals surface area contributed by atoms with Gasteiger partial charge in [-0.15, -0.1) is 0 Å². The molecular formula is C33H36F3N3O3. The molecule has 222 valence electrons. The van der Waals surface area contributed by atoms with E-state index in [9.17, 15) is 27.6 Å². The molecule has 0 aromatic heterocycles. The van der Waals surface area contributed by atoms with Gasteiger partial charge in [-0.1, -0.05) is 68.4 Å². The number of hydrogen-bond donors (Lipinski definition) is 2. The SMILES string of the molecule is CCCN(CCC)C(=O)c1cccc(C(=O)NC2(C(=O)CNCc3cccc(C(F)(F)F)c3)CC2c2ccccc2)c1. The molecule has 6 nitrogen and oxygen atoms in total. The van der Waals surface area contributed by atoms with Crippen LogP contribution in [-0.2, 0) is 17.5 Å². The Morgan fingerprint density at radius 3 is 2.21 bits per heavy atom. The van der Waals surface area contributed by atoms with Gasteiger partial charge in [0.05, 0.1) is 12.1 Å². The average molecular weight is 580 g/mol. The minimum atomic E-state index is -4.46. The van der Waals surface area contributed by atoms with E-state index >= 15 is 0 Å². The zero-order valence-electron chi connectivity index (χ0n) is 23.8. The summed E-state index contributed by atoms with van der Waals surface area (Å²) in [7, 11) is 0. The molecule has 3 aromatic carbocycles. The van der Waals surface area contributed by atoms with Crippen LogP contribution in [0.3, 0.4) is 0 Å². The summed E-state index contributed by atoms with van der Waals surface area (Å²) in [6, 6.07) is 20.8. The molecule has 2 N–H and O–H groups in total. The average Bonchev–Trinajstić information content (AvgIpc) is 3.72. The summed E-state index contributed by atoms with van der Waals surface area (Å²) in [5.74, 6) is -1.13. The number of amides is 2. The van der Waals surface area contributed by atoms with Gasteiger partial charge < -0.3 is 15.5 Å². The van der Waals surface area contributed by atoms with Gasteiger partial charge in [-0.25, -0.2) is 0 Å². The van der Waals surface area contributed by atoms with Gasteiger partial charge in [0.15, 0.2) is 5.78 Å². The first-order valence-electron chi connectivity index (χ1n) is 14.3. The van der Waals surface area contributed by atoms with Crippen LogP contribution in [0, 0.1) is 0 Å². The van der Waals surface area contributed by atoms with E-state index in [0.717, 1.165) is 30.5 Å². The molecule has 2 atom stereocenters. The zero-order valence-corrected chi connectivity index (χ0v) is 23.8. The van der Waals surface area contributed by atoms with E-state index < -0.39 is 23.2 Å². The van der Waals surface area contributed by atoms with Gasteiger partial charge in [-0.3, -0.25) is 14.4 Å². The van der Waals surface area contributed by atoms with Crippen molar-refractivity contribution < 1.29 is 27.6 Å². The second-order valence-corrected chi connectivity index (χ2v) is 10.7. The third-order valence-electron chi connectivity index (χ3n) is 7.51. The number of rotatable bonds is 13. The van der Waals surface area contributed by atoms with Crippen LogP contribution >= 0.6 is 0 Å². The molecule has 42 heavy (non-hydrogen) atoms. The predicted molar refractivity (Wildman–Crippen MR) is 155 cm³/mol. The molecule has 1 aliphatic rings. The number of ketones is 1. The van der Waals surface area contributed by atoms with Crippen molar-refractivity contribution in [1.29, 1.82) is 0 Å². The maximum Gasteiger partial charge on any atom is 0.416 e. The minimum absolute atomic E-state index is 0.0614. The quantitative estimate of drug-likeness (QED) is 0.261. The lowest BCUT2D eigenvalue weighted by atomic mass is 10.0. The van der Waals surface area contributed by atoms with Gasteiger partial charge in [0, 0.05) is 36.7 Å². The van der Waals surface area contributed by atoms with Gasteiger partial charge in [0.1, 0.15) is 5.54 Å². The molecule has 1 saturated carbocycles. The van der Waals surface area contributed by atoms with Gasteiger partial charge in [-0.05, 0) is 54.7 Å². The Labute approximate surface area is 244 Å². The van der Waals surface area contributed by atoms with Crippen LogP contribution in [0.5, 0.6) is 0 Å². The van der Waals surface area contributed by atoms with Crippen molar-refractivity contribution in [2.24, 2.45) is 0 Å². The highest BCUT2D eigenvalue weighted by Gasteiger charge is 2.60. The summed E-state index contributed by atoms with van der Waals surface area (Å²) < 4.78 is 39.3. The van der Waals surface area contributed by atoms with E-state index in [1.165, 1.54) is 6.07 Å². The van der Waals surface area contributed by atoms with Gasteiger partial charge in [0.2, 0.25) is 0 Å². The number of alkyl halides is 3. The van der Waals surface area contributed by atoms with Crippen molar-refractivity contribution in [2.75, 3.05) is 19.6 Å². The van der Waals surface area contributed by atoms with E-state index in [0.29, 0.717) is 30.6 Å². The molecule has 1 fully saturated rings. The highest BCUT2D eigenvalue weighted by molar-refractivity contribution is 6.04. The summed E-state index contributed by atoms with van der Waals surface area (Å²) in [5, 5.41) is 5.91. The summed E-state index contributed by atoms with van der Waals surface area (Å²) >= 11 is 0. The molecule has 2 amide bonds. The van der Waals surface area contributed by atoms with E-state index in [1.807, 2.05) is 44.2 Å². The summed E-state index contributed by atoms with van der Waals surface area (Å²) in [6.07, 6.45) is -2.42. The molecule has 0 bridgehead atoms. The Bertz CT molecular complexity index is 1400. The van der Waals surface area contributed by atoms with Crippen molar-refractivity contribution >= 4 is 17.6 Å². The highest BCUT2D eigenvalue weighted by atomic mass is 19.4. The molecule has 0 aliphatic heterocycles. The molecule has 0 heterocycles. The molecule has 1 aliphatic carbocycles. The fourth-order valence-corrected chi connectivity index (χ4v) is 5.31. The molecule has 0 radical (unpaired) electrons. The maximum absolute atomic E-state index is 13.6. The molecule has 2 unspecified atom stereocenters. The van der Waals surface area contributed by atoms with E-state index in [2.05, 4.69) is 10.6 Å². The van der Waals surface area contributed by atoms with Crippen molar-refractivity contribution in [1.82, 2.24) is 15.5 Å². The Kier molecular flexibility index (Phi) is 9.83. The van der Waals surface area contributed by atoms with Crippen molar-refractivity contribution in [3.8, 4) is 0 Å². The monoisotopic (exact) mass is 579 g/mol. The topological polar surface area (TPSA) is 78.5 Å². The Morgan fingerprint density at radius 1 is 0.881 bits per heavy atom. The van der Waals surface area contributed by atoms with E-state index in [1.54, 1.807) is 35.2 Å². The van der Waals surface area contributed by atoms with Crippen molar-refractivity contribution in [2.45, 2.75) is 57.3 Å². The second kappa shape index (κ2) is 13.3. The van der Waals surface area contributed by atoms with Crippen LogP contribution in [0.4, 0.5) is 13.2 Å². The molecule has 0 spiro atoms.